The Kier molecular flexibility index (Phi) is 5.66. The number of allylic oxidation sites excluding steroid dienone is 1. The van der Waals surface area contributed by atoms with Crippen molar-refractivity contribution in [2.24, 2.45) is 5.92 Å². The number of hydrogen-bond donors (Lipinski definition) is 2. The highest BCUT2D eigenvalue weighted by molar-refractivity contribution is 5.94. The first kappa shape index (κ1) is 16.6. The molecule has 3 nitrogen and oxygen atoms in total. The Morgan fingerprint density at radius 3 is 2.86 bits per heavy atom. The lowest BCUT2D eigenvalue weighted by atomic mass is 9.87. The fraction of sp³-hybridized carbons (Fsp3) is 0.471. The molecule has 120 valence electrons. The summed E-state index contributed by atoms with van der Waals surface area (Å²) in [6.07, 6.45) is 4.53. The van der Waals surface area contributed by atoms with Gasteiger partial charge in [-0.1, -0.05) is 6.42 Å². The van der Waals surface area contributed by atoms with Crippen LogP contribution in [0.4, 0.5) is 8.78 Å². The van der Waals surface area contributed by atoms with Crippen molar-refractivity contribution in [2.45, 2.75) is 38.7 Å². The van der Waals surface area contributed by atoms with E-state index in [-0.39, 0.29) is 23.5 Å². The van der Waals surface area contributed by atoms with E-state index in [1.807, 2.05) is 0 Å². The van der Waals surface area contributed by atoms with Crippen LogP contribution in [-0.4, -0.2) is 23.7 Å². The second-order valence-electron chi connectivity index (χ2n) is 5.88. The van der Waals surface area contributed by atoms with Gasteiger partial charge in [0.15, 0.2) is 0 Å². The largest absolute Gasteiger partial charge is 0.393 e. The Labute approximate surface area is 129 Å². The zero-order valence-electron chi connectivity index (χ0n) is 12.6. The van der Waals surface area contributed by atoms with Gasteiger partial charge in [-0.05, 0) is 49.8 Å². The van der Waals surface area contributed by atoms with Crippen molar-refractivity contribution in [3.8, 4) is 0 Å². The van der Waals surface area contributed by atoms with Gasteiger partial charge in [-0.2, -0.15) is 0 Å². The molecule has 1 amide bonds. The zero-order chi connectivity index (χ0) is 16.1. The number of aliphatic hydroxyl groups is 1. The third kappa shape index (κ3) is 4.63. The van der Waals surface area contributed by atoms with Crippen LogP contribution in [0.2, 0.25) is 0 Å². The lowest BCUT2D eigenvalue weighted by molar-refractivity contribution is -0.116. The monoisotopic (exact) mass is 309 g/mol. The summed E-state index contributed by atoms with van der Waals surface area (Å²) in [6.45, 7) is 2.12. The third-order valence-corrected chi connectivity index (χ3v) is 4.02. The Bertz CT molecular complexity index is 572. The lowest BCUT2D eigenvalue weighted by Gasteiger charge is -2.25. The maximum Gasteiger partial charge on any atom is 0.244 e. The molecule has 0 spiro atoms. The normalized spacial score (nSPS) is 22.5. The van der Waals surface area contributed by atoms with Gasteiger partial charge in [0.1, 0.15) is 11.6 Å². The second kappa shape index (κ2) is 7.49. The molecule has 1 aromatic rings. The molecule has 2 rings (SSSR count). The topological polar surface area (TPSA) is 49.3 Å². The van der Waals surface area contributed by atoms with Gasteiger partial charge in [-0.25, -0.2) is 8.78 Å². The van der Waals surface area contributed by atoms with E-state index in [4.69, 9.17) is 0 Å². The van der Waals surface area contributed by atoms with E-state index in [0.29, 0.717) is 18.5 Å². The Hall–Kier alpha value is -1.75. The van der Waals surface area contributed by atoms with Crippen LogP contribution in [0.25, 0.3) is 5.57 Å². The van der Waals surface area contributed by atoms with Crippen molar-refractivity contribution in [1.82, 2.24) is 5.32 Å². The van der Waals surface area contributed by atoms with E-state index in [0.717, 1.165) is 31.4 Å². The fourth-order valence-corrected chi connectivity index (χ4v) is 2.83. The minimum atomic E-state index is -0.683. The number of carbonyl (C=O) groups excluding carboxylic acids is 1. The molecule has 1 saturated carbocycles. The summed E-state index contributed by atoms with van der Waals surface area (Å²) in [7, 11) is 0. The summed E-state index contributed by atoms with van der Waals surface area (Å²) < 4.78 is 26.5. The summed E-state index contributed by atoms with van der Waals surface area (Å²) in [5, 5.41) is 12.4. The molecule has 2 atom stereocenters. The SMILES string of the molecule is C/C(=C/C(=O)NCC1CCCC(O)C1)c1ccc(F)cc1F. The molecule has 0 aromatic heterocycles. The van der Waals surface area contributed by atoms with E-state index in [2.05, 4.69) is 5.32 Å². The lowest BCUT2D eigenvalue weighted by Crippen LogP contribution is -2.32. The molecule has 2 N–H and O–H groups in total. The standard InChI is InChI=1S/C17H21F2NO2/c1-11(15-6-5-13(18)9-16(15)19)7-17(22)20-10-12-3-2-4-14(21)8-12/h5-7,9,12,14,21H,2-4,8,10H2,1H3,(H,20,22)/b11-7-. The average Bonchev–Trinajstić information content (AvgIpc) is 2.45. The maximum atomic E-state index is 13.6. The Morgan fingerprint density at radius 1 is 1.41 bits per heavy atom. The highest BCUT2D eigenvalue weighted by atomic mass is 19.1. The van der Waals surface area contributed by atoms with E-state index in [1.165, 1.54) is 12.1 Å². The van der Waals surface area contributed by atoms with Crippen molar-refractivity contribution < 1.29 is 18.7 Å². The molecule has 0 saturated heterocycles. The number of hydrogen-bond acceptors (Lipinski definition) is 2. The molecule has 1 aromatic carbocycles. The summed E-state index contributed by atoms with van der Waals surface area (Å²) in [5.41, 5.74) is 0.656. The molecule has 0 aliphatic heterocycles. The highest BCUT2D eigenvalue weighted by Crippen LogP contribution is 2.23. The van der Waals surface area contributed by atoms with Gasteiger partial charge in [0.2, 0.25) is 5.91 Å². The van der Waals surface area contributed by atoms with Gasteiger partial charge < -0.3 is 10.4 Å². The maximum absolute atomic E-state index is 13.6. The van der Waals surface area contributed by atoms with Gasteiger partial charge in [-0.3, -0.25) is 4.79 Å². The van der Waals surface area contributed by atoms with Crippen LogP contribution in [0.15, 0.2) is 24.3 Å². The van der Waals surface area contributed by atoms with Crippen molar-refractivity contribution in [3.63, 3.8) is 0 Å². The van der Waals surface area contributed by atoms with Gasteiger partial charge >= 0.3 is 0 Å². The fourth-order valence-electron chi connectivity index (χ4n) is 2.83. The quantitative estimate of drug-likeness (QED) is 0.840. The molecule has 2 unspecified atom stereocenters. The number of halogens is 2. The zero-order valence-corrected chi connectivity index (χ0v) is 12.6. The van der Waals surface area contributed by atoms with Crippen molar-refractivity contribution in [2.75, 3.05) is 6.54 Å². The molecule has 0 bridgehead atoms. The van der Waals surface area contributed by atoms with Crippen LogP contribution in [0.3, 0.4) is 0 Å². The third-order valence-electron chi connectivity index (χ3n) is 4.02. The summed E-state index contributed by atoms with van der Waals surface area (Å²) in [5.74, 6) is -1.35. The van der Waals surface area contributed by atoms with Crippen LogP contribution in [0.5, 0.6) is 0 Å². The number of aliphatic hydroxyl groups excluding tert-OH is 1. The van der Waals surface area contributed by atoms with Crippen LogP contribution in [-0.2, 0) is 4.79 Å². The predicted molar refractivity (Wildman–Crippen MR) is 81.0 cm³/mol. The summed E-state index contributed by atoms with van der Waals surface area (Å²) >= 11 is 0. The number of carbonyl (C=O) groups is 1. The van der Waals surface area contributed by atoms with Crippen molar-refractivity contribution >= 4 is 11.5 Å². The number of nitrogens with one attached hydrogen (secondary N) is 1. The molecular weight excluding hydrogens is 288 g/mol. The first-order valence-corrected chi connectivity index (χ1v) is 7.55. The highest BCUT2D eigenvalue weighted by Gasteiger charge is 2.20. The van der Waals surface area contributed by atoms with Gasteiger partial charge in [0, 0.05) is 24.3 Å². The van der Waals surface area contributed by atoms with Gasteiger partial charge in [0.25, 0.3) is 0 Å². The molecular formula is C17H21F2NO2. The first-order valence-electron chi connectivity index (χ1n) is 7.55. The first-order chi connectivity index (χ1) is 10.5. The van der Waals surface area contributed by atoms with Gasteiger partial charge in [0.05, 0.1) is 6.10 Å². The molecule has 0 heterocycles. The van der Waals surface area contributed by atoms with Crippen molar-refractivity contribution in [1.29, 1.82) is 0 Å². The predicted octanol–water partition coefficient (Wildman–Crippen LogP) is 3.04. The van der Waals surface area contributed by atoms with E-state index in [9.17, 15) is 18.7 Å². The molecule has 0 radical (unpaired) electrons. The Morgan fingerprint density at radius 2 is 2.18 bits per heavy atom. The van der Waals surface area contributed by atoms with Crippen molar-refractivity contribution in [3.05, 3.63) is 41.5 Å². The minimum Gasteiger partial charge on any atom is -0.393 e. The molecule has 5 heteroatoms. The van der Waals surface area contributed by atoms with Crippen LogP contribution < -0.4 is 5.32 Å². The van der Waals surface area contributed by atoms with Gasteiger partial charge in [-0.15, -0.1) is 0 Å². The van der Waals surface area contributed by atoms with E-state index in [1.54, 1.807) is 6.92 Å². The van der Waals surface area contributed by atoms with E-state index >= 15 is 0 Å². The smallest absolute Gasteiger partial charge is 0.244 e. The van der Waals surface area contributed by atoms with Crippen LogP contribution in [0, 0.1) is 17.6 Å². The minimum absolute atomic E-state index is 0.213. The molecule has 1 aliphatic carbocycles. The number of benzene rings is 1. The summed E-state index contributed by atoms with van der Waals surface area (Å²) in [6, 6.07) is 3.28. The average molecular weight is 309 g/mol. The number of amides is 1. The second-order valence-corrected chi connectivity index (χ2v) is 5.88. The number of rotatable bonds is 4. The summed E-state index contributed by atoms with van der Waals surface area (Å²) in [4.78, 5) is 11.9. The Balaban J connectivity index is 1.92. The molecule has 1 aliphatic rings. The van der Waals surface area contributed by atoms with Crippen LogP contribution in [0.1, 0.15) is 38.2 Å². The van der Waals surface area contributed by atoms with Crippen LogP contribution >= 0.6 is 0 Å². The molecule has 22 heavy (non-hydrogen) atoms. The van der Waals surface area contributed by atoms with E-state index < -0.39 is 11.6 Å². The molecule has 1 fully saturated rings.